The van der Waals surface area contributed by atoms with Gasteiger partial charge in [-0.15, -0.1) is 11.3 Å². The van der Waals surface area contributed by atoms with Crippen LogP contribution >= 0.6 is 23.1 Å². The number of hydrogen-bond acceptors (Lipinski definition) is 7. The van der Waals surface area contributed by atoms with Crippen LogP contribution in [-0.4, -0.2) is 38.6 Å². The van der Waals surface area contributed by atoms with E-state index in [0.29, 0.717) is 42.5 Å². The predicted octanol–water partition coefficient (Wildman–Crippen LogP) is 3.83. The second-order valence-corrected chi connectivity index (χ2v) is 10.2. The number of rotatable bonds is 11. The van der Waals surface area contributed by atoms with Crippen LogP contribution in [0.5, 0.6) is 0 Å². The lowest BCUT2D eigenvalue weighted by molar-refractivity contribution is 0.240. The van der Waals surface area contributed by atoms with Crippen LogP contribution in [0.15, 0.2) is 76.6 Å². The van der Waals surface area contributed by atoms with Gasteiger partial charge in [-0.1, -0.05) is 47.7 Å². The minimum absolute atomic E-state index is 0.212. The van der Waals surface area contributed by atoms with E-state index in [-0.39, 0.29) is 11.6 Å². The number of nitrogens with zero attached hydrogens (tertiary/aromatic N) is 4. The van der Waals surface area contributed by atoms with Crippen molar-refractivity contribution in [2.24, 2.45) is 0 Å². The molecular formula is C26H28N6O2S2. The third kappa shape index (κ3) is 7.76. The van der Waals surface area contributed by atoms with E-state index in [1.807, 2.05) is 22.2 Å². The molecular weight excluding hydrogens is 492 g/mol. The standard InChI is InChI=1S/C26H28N6O2S2/c1-19-4-6-20(7-5-19)17-36-26-31-24(33)22(13-21-14-27-18-28-15-21)16-32(26)11-10-30-25(34)29-9-8-23-3-2-12-35-23/h2-7,12,14-16,18H,8-11,13,17H2,1H3,(H2,29,30,34). The van der Waals surface area contributed by atoms with Gasteiger partial charge in [0, 0.05) is 60.8 Å². The molecule has 8 nitrogen and oxygen atoms in total. The average molecular weight is 521 g/mol. The summed E-state index contributed by atoms with van der Waals surface area (Å²) < 4.78 is 1.94. The van der Waals surface area contributed by atoms with Crippen molar-refractivity contribution in [1.29, 1.82) is 0 Å². The van der Waals surface area contributed by atoms with E-state index in [4.69, 9.17) is 0 Å². The van der Waals surface area contributed by atoms with Crippen LogP contribution in [0.25, 0.3) is 0 Å². The van der Waals surface area contributed by atoms with Crippen LogP contribution < -0.4 is 16.2 Å². The first-order valence-electron chi connectivity index (χ1n) is 11.6. The molecule has 36 heavy (non-hydrogen) atoms. The van der Waals surface area contributed by atoms with Crippen LogP contribution in [0.3, 0.4) is 0 Å². The van der Waals surface area contributed by atoms with Crippen molar-refractivity contribution in [2.75, 3.05) is 13.1 Å². The molecule has 10 heteroatoms. The van der Waals surface area contributed by atoms with Crippen LogP contribution in [0.1, 0.15) is 27.1 Å². The summed E-state index contributed by atoms with van der Waals surface area (Å²) in [6.07, 6.45) is 7.88. The number of aromatic nitrogens is 4. The van der Waals surface area contributed by atoms with Gasteiger partial charge in [0.15, 0.2) is 5.16 Å². The fourth-order valence-corrected chi connectivity index (χ4v) is 5.15. The molecule has 4 aromatic rings. The summed E-state index contributed by atoms with van der Waals surface area (Å²) in [4.78, 5) is 38.7. The van der Waals surface area contributed by atoms with E-state index in [0.717, 1.165) is 17.5 Å². The van der Waals surface area contributed by atoms with Gasteiger partial charge in [-0.2, -0.15) is 4.98 Å². The van der Waals surface area contributed by atoms with Gasteiger partial charge >= 0.3 is 6.03 Å². The monoisotopic (exact) mass is 520 g/mol. The Morgan fingerprint density at radius 2 is 1.83 bits per heavy atom. The second kappa shape index (κ2) is 13.0. The lowest BCUT2D eigenvalue weighted by Gasteiger charge is -2.15. The minimum atomic E-state index is -0.263. The Balaban J connectivity index is 1.41. The molecule has 0 fully saturated rings. The molecule has 2 N–H and O–H groups in total. The molecule has 0 atom stereocenters. The van der Waals surface area contributed by atoms with Gasteiger partial charge in [0.25, 0.3) is 5.56 Å². The van der Waals surface area contributed by atoms with E-state index in [1.165, 1.54) is 28.5 Å². The molecule has 2 amide bonds. The number of carbonyl (C=O) groups is 1. The van der Waals surface area contributed by atoms with Gasteiger partial charge in [-0.25, -0.2) is 14.8 Å². The van der Waals surface area contributed by atoms with Crippen LogP contribution in [0, 0.1) is 6.92 Å². The third-order valence-corrected chi connectivity index (χ3v) is 7.40. The zero-order valence-corrected chi connectivity index (χ0v) is 21.6. The lowest BCUT2D eigenvalue weighted by Crippen LogP contribution is -2.38. The summed E-state index contributed by atoms with van der Waals surface area (Å²) in [6.45, 7) is 3.52. The van der Waals surface area contributed by atoms with E-state index < -0.39 is 0 Å². The first-order valence-corrected chi connectivity index (χ1v) is 13.5. The van der Waals surface area contributed by atoms with Crippen LogP contribution in [0.2, 0.25) is 0 Å². The number of aryl methyl sites for hydroxylation is 1. The van der Waals surface area contributed by atoms with Gasteiger partial charge < -0.3 is 15.2 Å². The van der Waals surface area contributed by atoms with E-state index >= 15 is 0 Å². The Hall–Kier alpha value is -3.50. The maximum Gasteiger partial charge on any atom is 0.314 e. The summed E-state index contributed by atoms with van der Waals surface area (Å²) in [5, 5.41) is 8.44. The topological polar surface area (TPSA) is 102 Å². The molecule has 0 saturated carbocycles. The van der Waals surface area contributed by atoms with Crippen molar-refractivity contribution in [3.8, 4) is 0 Å². The zero-order valence-electron chi connectivity index (χ0n) is 20.0. The van der Waals surface area contributed by atoms with Gasteiger partial charge in [0.1, 0.15) is 6.33 Å². The van der Waals surface area contributed by atoms with Crippen molar-refractivity contribution < 1.29 is 4.79 Å². The fourth-order valence-electron chi connectivity index (χ4n) is 3.50. The number of benzene rings is 1. The SMILES string of the molecule is Cc1ccc(CSc2nc(=O)c(Cc3cncnc3)cn2CCNC(=O)NCCc2cccs2)cc1. The molecule has 4 rings (SSSR count). The smallest absolute Gasteiger partial charge is 0.314 e. The van der Waals surface area contributed by atoms with Crippen molar-refractivity contribution in [1.82, 2.24) is 30.2 Å². The summed E-state index contributed by atoms with van der Waals surface area (Å²) in [5.74, 6) is 0.690. The van der Waals surface area contributed by atoms with E-state index in [1.54, 1.807) is 23.7 Å². The van der Waals surface area contributed by atoms with Crippen LogP contribution in [0.4, 0.5) is 4.79 Å². The molecule has 1 aromatic carbocycles. The largest absolute Gasteiger partial charge is 0.338 e. The first-order chi connectivity index (χ1) is 17.6. The molecule has 0 aliphatic heterocycles. The summed E-state index contributed by atoms with van der Waals surface area (Å²) in [5.41, 5.74) is 3.49. The molecule has 0 aliphatic rings. The normalized spacial score (nSPS) is 10.8. The molecule has 0 unspecified atom stereocenters. The molecule has 0 spiro atoms. The molecule has 0 saturated heterocycles. The number of amides is 2. The van der Waals surface area contributed by atoms with Gasteiger partial charge in [0.05, 0.1) is 0 Å². The number of carbonyl (C=O) groups excluding carboxylic acids is 1. The second-order valence-electron chi connectivity index (χ2n) is 8.26. The van der Waals surface area contributed by atoms with Crippen molar-refractivity contribution >= 4 is 29.1 Å². The van der Waals surface area contributed by atoms with Gasteiger partial charge in [0.2, 0.25) is 0 Å². The van der Waals surface area contributed by atoms with E-state index in [2.05, 4.69) is 62.8 Å². The highest BCUT2D eigenvalue weighted by Gasteiger charge is 2.11. The van der Waals surface area contributed by atoms with Crippen molar-refractivity contribution in [3.63, 3.8) is 0 Å². The van der Waals surface area contributed by atoms with E-state index in [9.17, 15) is 9.59 Å². The highest BCUT2D eigenvalue weighted by molar-refractivity contribution is 7.98. The molecule has 3 aromatic heterocycles. The first kappa shape index (κ1) is 25.6. The highest BCUT2D eigenvalue weighted by atomic mass is 32.2. The quantitative estimate of drug-likeness (QED) is 0.230. The Labute approximate surface area is 218 Å². The fraction of sp³-hybridized carbons (Fsp3) is 0.269. The number of nitrogens with one attached hydrogen (secondary N) is 2. The Kier molecular flexibility index (Phi) is 9.23. The molecule has 0 radical (unpaired) electrons. The summed E-state index contributed by atoms with van der Waals surface area (Å²) in [6, 6.07) is 12.2. The maximum atomic E-state index is 12.8. The van der Waals surface area contributed by atoms with Gasteiger partial charge in [-0.05, 0) is 35.9 Å². The summed E-state index contributed by atoms with van der Waals surface area (Å²) in [7, 11) is 0. The van der Waals surface area contributed by atoms with Crippen LogP contribution in [-0.2, 0) is 25.1 Å². The van der Waals surface area contributed by atoms with Gasteiger partial charge in [-0.3, -0.25) is 4.79 Å². The number of hydrogen-bond donors (Lipinski definition) is 2. The highest BCUT2D eigenvalue weighted by Crippen LogP contribution is 2.21. The lowest BCUT2D eigenvalue weighted by atomic mass is 10.1. The third-order valence-electron chi connectivity index (χ3n) is 5.40. The Morgan fingerprint density at radius 1 is 1.06 bits per heavy atom. The zero-order chi connectivity index (χ0) is 25.2. The Morgan fingerprint density at radius 3 is 2.58 bits per heavy atom. The molecule has 3 heterocycles. The number of thiophene rings is 1. The maximum absolute atomic E-state index is 12.8. The van der Waals surface area contributed by atoms with Crippen molar-refractivity contribution in [3.05, 3.63) is 104 Å². The number of thioether (sulfide) groups is 1. The molecule has 0 bridgehead atoms. The number of urea groups is 1. The molecule has 186 valence electrons. The summed E-state index contributed by atoms with van der Waals surface area (Å²) >= 11 is 3.19. The predicted molar refractivity (Wildman–Crippen MR) is 143 cm³/mol. The average Bonchev–Trinajstić information content (AvgIpc) is 3.40. The Bertz CT molecular complexity index is 1310. The minimum Gasteiger partial charge on any atom is -0.338 e. The molecule has 0 aliphatic carbocycles. The van der Waals surface area contributed by atoms with Crippen molar-refractivity contribution in [2.45, 2.75) is 37.2 Å².